The second-order valence-electron chi connectivity index (χ2n) is 5.52. The van der Waals surface area contributed by atoms with Gasteiger partial charge < -0.3 is 0 Å². The lowest BCUT2D eigenvalue weighted by molar-refractivity contribution is 0.261. The molecule has 0 heterocycles. The zero-order valence-corrected chi connectivity index (χ0v) is 10.6. The van der Waals surface area contributed by atoms with Crippen molar-refractivity contribution in [3.63, 3.8) is 0 Å². The molecule has 0 aliphatic rings. The molecular weight excluding hydrogens is 156 g/mol. The van der Waals surface area contributed by atoms with Gasteiger partial charge in [0.15, 0.2) is 0 Å². The van der Waals surface area contributed by atoms with Crippen molar-refractivity contribution in [2.24, 2.45) is 17.3 Å². The molecule has 0 saturated carbocycles. The molecule has 0 N–H and O–H groups in total. The van der Waals surface area contributed by atoms with Gasteiger partial charge in [-0.05, 0) is 32.6 Å². The highest BCUT2D eigenvalue weighted by atomic mass is 14.3. The van der Waals surface area contributed by atoms with Gasteiger partial charge in [-0.1, -0.05) is 27.2 Å². The number of hydrogen-bond acceptors (Lipinski definition) is 0. The van der Waals surface area contributed by atoms with E-state index in [1.807, 2.05) is 0 Å². The SMILES string of the molecule is CCC(C)(C)CC(C)[C+](C)C(C)C. The molecule has 0 nitrogen and oxygen atoms in total. The van der Waals surface area contributed by atoms with E-state index >= 15 is 0 Å². The summed E-state index contributed by atoms with van der Waals surface area (Å²) in [5.41, 5.74) is 0.509. The smallest absolute Gasteiger partial charge is 0.0649 e. The molecule has 0 aliphatic carbocycles. The average Bonchev–Trinajstić information content (AvgIpc) is 2.02. The summed E-state index contributed by atoms with van der Waals surface area (Å²) in [4.78, 5) is 0. The maximum absolute atomic E-state index is 2.37. The van der Waals surface area contributed by atoms with Crippen molar-refractivity contribution in [1.29, 1.82) is 0 Å². The first-order valence-electron chi connectivity index (χ1n) is 5.63. The zero-order chi connectivity index (χ0) is 10.6. The molecular formula is C13H27+. The van der Waals surface area contributed by atoms with Crippen molar-refractivity contribution in [3.05, 3.63) is 5.92 Å². The summed E-state index contributed by atoms with van der Waals surface area (Å²) in [6.07, 6.45) is 2.61. The van der Waals surface area contributed by atoms with Crippen molar-refractivity contribution in [1.82, 2.24) is 0 Å². The first-order chi connectivity index (χ1) is 5.80. The maximum atomic E-state index is 2.37. The van der Waals surface area contributed by atoms with E-state index in [1.54, 1.807) is 5.92 Å². The van der Waals surface area contributed by atoms with Gasteiger partial charge in [-0.2, -0.15) is 0 Å². The molecule has 0 spiro atoms. The molecule has 0 bridgehead atoms. The number of rotatable bonds is 5. The Balaban J connectivity index is 4.06. The molecule has 0 heteroatoms. The second kappa shape index (κ2) is 4.93. The summed E-state index contributed by atoms with van der Waals surface area (Å²) in [5.74, 6) is 3.17. The molecule has 0 rings (SSSR count). The summed E-state index contributed by atoms with van der Waals surface area (Å²) >= 11 is 0. The molecule has 0 aromatic rings. The van der Waals surface area contributed by atoms with E-state index in [2.05, 4.69) is 48.5 Å². The van der Waals surface area contributed by atoms with E-state index in [0.717, 1.165) is 11.8 Å². The molecule has 0 aromatic carbocycles. The standard InChI is InChI=1S/C13H27/c1-8-13(6,7)9-11(4)12(5)10(2)3/h10-11H,8-9H2,1-7H3/q+1. The van der Waals surface area contributed by atoms with Crippen molar-refractivity contribution in [3.8, 4) is 0 Å². The first kappa shape index (κ1) is 12.9. The highest BCUT2D eigenvalue weighted by Crippen LogP contribution is 2.35. The van der Waals surface area contributed by atoms with Crippen LogP contribution in [0.5, 0.6) is 0 Å². The lowest BCUT2D eigenvalue weighted by Crippen LogP contribution is -2.20. The molecule has 0 aromatic heterocycles. The van der Waals surface area contributed by atoms with Gasteiger partial charge in [0, 0.05) is 0 Å². The normalized spacial score (nSPS) is 14.8. The van der Waals surface area contributed by atoms with Crippen LogP contribution in [0.3, 0.4) is 0 Å². The van der Waals surface area contributed by atoms with Crippen LogP contribution < -0.4 is 0 Å². The molecule has 1 atom stereocenters. The Morgan fingerprint density at radius 1 is 1.15 bits per heavy atom. The summed E-state index contributed by atoms with van der Waals surface area (Å²) in [7, 11) is 0. The van der Waals surface area contributed by atoms with E-state index in [-0.39, 0.29) is 0 Å². The van der Waals surface area contributed by atoms with E-state index in [9.17, 15) is 0 Å². The third-order valence-corrected chi connectivity index (χ3v) is 3.50. The van der Waals surface area contributed by atoms with E-state index in [0.29, 0.717) is 5.41 Å². The van der Waals surface area contributed by atoms with Gasteiger partial charge in [0.05, 0.1) is 24.7 Å². The second-order valence-corrected chi connectivity index (χ2v) is 5.52. The van der Waals surface area contributed by atoms with Crippen LogP contribution in [0.15, 0.2) is 0 Å². The van der Waals surface area contributed by atoms with Crippen LogP contribution in [0.1, 0.15) is 61.3 Å². The van der Waals surface area contributed by atoms with Crippen LogP contribution >= 0.6 is 0 Å². The predicted molar refractivity (Wildman–Crippen MR) is 61.6 cm³/mol. The fraction of sp³-hybridized carbons (Fsp3) is 0.923. The van der Waals surface area contributed by atoms with E-state index < -0.39 is 0 Å². The molecule has 0 saturated heterocycles. The average molecular weight is 183 g/mol. The van der Waals surface area contributed by atoms with E-state index in [1.165, 1.54) is 12.8 Å². The monoisotopic (exact) mass is 183 g/mol. The van der Waals surface area contributed by atoms with Crippen molar-refractivity contribution in [2.75, 3.05) is 0 Å². The third-order valence-electron chi connectivity index (χ3n) is 3.50. The Morgan fingerprint density at radius 2 is 1.62 bits per heavy atom. The van der Waals surface area contributed by atoms with E-state index in [4.69, 9.17) is 0 Å². The fourth-order valence-corrected chi connectivity index (χ4v) is 1.70. The summed E-state index contributed by atoms with van der Waals surface area (Å²) in [6, 6.07) is 0. The van der Waals surface area contributed by atoms with Gasteiger partial charge in [-0.25, -0.2) is 0 Å². The van der Waals surface area contributed by atoms with Crippen LogP contribution in [-0.4, -0.2) is 0 Å². The van der Waals surface area contributed by atoms with Crippen LogP contribution in [0, 0.1) is 23.2 Å². The van der Waals surface area contributed by atoms with Crippen LogP contribution in [-0.2, 0) is 0 Å². The molecule has 78 valence electrons. The maximum Gasteiger partial charge on any atom is 0.0979 e. The van der Waals surface area contributed by atoms with Gasteiger partial charge in [0.2, 0.25) is 0 Å². The summed E-state index contributed by atoms with van der Waals surface area (Å²) in [6.45, 7) is 16.3. The van der Waals surface area contributed by atoms with Crippen LogP contribution in [0.4, 0.5) is 0 Å². The topological polar surface area (TPSA) is 0 Å². The Bertz CT molecular complexity index is 133. The van der Waals surface area contributed by atoms with Crippen molar-refractivity contribution >= 4 is 0 Å². The molecule has 13 heavy (non-hydrogen) atoms. The quantitative estimate of drug-likeness (QED) is 0.542. The van der Waals surface area contributed by atoms with Gasteiger partial charge in [-0.3, -0.25) is 0 Å². The van der Waals surface area contributed by atoms with Gasteiger partial charge >= 0.3 is 0 Å². The summed E-state index contributed by atoms with van der Waals surface area (Å²) < 4.78 is 0. The minimum Gasteiger partial charge on any atom is -0.0649 e. The predicted octanol–water partition coefficient (Wildman–Crippen LogP) is 4.70. The lowest BCUT2D eigenvalue weighted by atomic mass is 9.74. The Morgan fingerprint density at radius 3 is 1.92 bits per heavy atom. The Hall–Kier alpha value is -0.130. The first-order valence-corrected chi connectivity index (χ1v) is 5.63. The minimum atomic E-state index is 0.509. The zero-order valence-electron chi connectivity index (χ0n) is 10.6. The molecule has 0 amide bonds. The highest BCUT2D eigenvalue weighted by molar-refractivity contribution is 4.94. The molecule has 0 aliphatic heterocycles. The molecule has 0 fully saturated rings. The molecule has 0 radical (unpaired) electrons. The highest BCUT2D eigenvalue weighted by Gasteiger charge is 2.31. The number of hydrogen-bond donors (Lipinski definition) is 0. The van der Waals surface area contributed by atoms with Crippen LogP contribution in [0.25, 0.3) is 0 Å². The summed E-state index contributed by atoms with van der Waals surface area (Å²) in [5, 5.41) is 0. The molecule has 1 unspecified atom stereocenters. The largest absolute Gasteiger partial charge is 0.0979 e. The van der Waals surface area contributed by atoms with Gasteiger partial charge in [-0.15, -0.1) is 0 Å². The van der Waals surface area contributed by atoms with Gasteiger partial charge in [0.1, 0.15) is 0 Å². The fourth-order valence-electron chi connectivity index (χ4n) is 1.70. The minimum absolute atomic E-state index is 0.509. The third kappa shape index (κ3) is 4.59. The Labute approximate surface area is 85.1 Å². The van der Waals surface area contributed by atoms with Gasteiger partial charge in [0.25, 0.3) is 0 Å². The Kier molecular flexibility index (Phi) is 4.88. The van der Waals surface area contributed by atoms with Crippen LogP contribution in [0.2, 0.25) is 0 Å². The van der Waals surface area contributed by atoms with Crippen molar-refractivity contribution in [2.45, 2.75) is 61.3 Å². The van der Waals surface area contributed by atoms with Crippen molar-refractivity contribution < 1.29 is 0 Å². The lowest BCUT2D eigenvalue weighted by Gasteiger charge is -2.26.